The minimum absolute atomic E-state index is 0.0959. The van der Waals surface area contributed by atoms with Crippen LogP contribution in [0.3, 0.4) is 0 Å². The maximum Gasteiger partial charge on any atom is 0.416 e. The lowest BCUT2D eigenvalue weighted by atomic mass is 9.98. The number of likely N-dealkylation sites (N-methyl/N-ethyl adjacent to an activating group) is 1. The van der Waals surface area contributed by atoms with Gasteiger partial charge in [0.25, 0.3) is 0 Å². The van der Waals surface area contributed by atoms with Crippen molar-refractivity contribution in [2.24, 2.45) is 0 Å². The largest absolute Gasteiger partial charge is 0.416 e. The first-order valence-corrected chi connectivity index (χ1v) is 5.31. The van der Waals surface area contributed by atoms with Crippen molar-refractivity contribution in [2.75, 3.05) is 7.05 Å². The van der Waals surface area contributed by atoms with Gasteiger partial charge < -0.3 is 5.32 Å². The van der Waals surface area contributed by atoms with Crippen LogP contribution in [-0.2, 0) is 12.6 Å². The van der Waals surface area contributed by atoms with Crippen LogP contribution in [0.4, 0.5) is 13.2 Å². The van der Waals surface area contributed by atoms with Crippen LogP contribution in [0, 0.1) is 0 Å². The first-order chi connectivity index (χ1) is 7.47. The first kappa shape index (κ1) is 11.5. The maximum absolute atomic E-state index is 12.7. The van der Waals surface area contributed by atoms with Gasteiger partial charge in [0.1, 0.15) is 0 Å². The molecule has 0 radical (unpaired) electrons. The summed E-state index contributed by atoms with van der Waals surface area (Å²) in [5.41, 5.74) is -0.208. The van der Waals surface area contributed by atoms with E-state index in [-0.39, 0.29) is 5.54 Å². The fourth-order valence-electron chi connectivity index (χ4n) is 1.98. The molecule has 0 saturated heterocycles. The average molecular weight is 229 g/mol. The molecule has 88 valence electrons. The van der Waals surface area contributed by atoms with E-state index in [0.717, 1.165) is 18.9 Å². The molecule has 0 bridgehead atoms. The Hall–Kier alpha value is -1.03. The molecule has 1 aromatic rings. The van der Waals surface area contributed by atoms with Gasteiger partial charge >= 0.3 is 6.18 Å². The van der Waals surface area contributed by atoms with Crippen molar-refractivity contribution in [3.63, 3.8) is 0 Å². The van der Waals surface area contributed by atoms with Crippen molar-refractivity contribution in [2.45, 2.75) is 31.0 Å². The summed E-state index contributed by atoms with van der Waals surface area (Å²) in [5, 5.41) is 3.11. The highest BCUT2D eigenvalue weighted by Crippen LogP contribution is 2.41. The Balaban J connectivity index is 2.27. The number of alkyl halides is 3. The van der Waals surface area contributed by atoms with Crippen LogP contribution in [0.1, 0.15) is 24.0 Å². The molecule has 1 fully saturated rings. The van der Waals surface area contributed by atoms with Crippen LogP contribution in [0.15, 0.2) is 24.3 Å². The van der Waals surface area contributed by atoms with E-state index in [1.165, 1.54) is 6.07 Å². The molecular formula is C12H14F3N. The molecule has 4 heteroatoms. The summed E-state index contributed by atoms with van der Waals surface area (Å²) < 4.78 is 38.2. The third kappa shape index (κ3) is 2.21. The van der Waals surface area contributed by atoms with E-state index in [2.05, 4.69) is 5.32 Å². The third-order valence-corrected chi connectivity index (χ3v) is 3.24. The normalized spacial score (nSPS) is 18.5. The summed E-state index contributed by atoms with van der Waals surface area (Å²) >= 11 is 0. The van der Waals surface area contributed by atoms with Gasteiger partial charge in [-0.3, -0.25) is 0 Å². The zero-order chi connectivity index (χ0) is 11.8. The van der Waals surface area contributed by atoms with E-state index in [1.807, 2.05) is 7.05 Å². The molecule has 1 N–H and O–H groups in total. The molecule has 1 aromatic carbocycles. The second-order valence-electron chi connectivity index (χ2n) is 4.36. The van der Waals surface area contributed by atoms with E-state index in [9.17, 15) is 13.2 Å². The van der Waals surface area contributed by atoms with Crippen molar-refractivity contribution in [1.82, 2.24) is 5.32 Å². The summed E-state index contributed by atoms with van der Waals surface area (Å²) in [6, 6.07) is 5.82. The lowest BCUT2D eigenvalue weighted by Gasteiger charge is -2.18. The molecule has 0 spiro atoms. The van der Waals surface area contributed by atoms with Gasteiger partial charge in [0.15, 0.2) is 0 Å². The number of rotatable bonds is 3. The summed E-state index contributed by atoms with van der Waals surface area (Å²) in [5.74, 6) is 0. The lowest BCUT2D eigenvalue weighted by molar-refractivity contribution is -0.138. The van der Waals surface area contributed by atoms with Crippen LogP contribution < -0.4 is 5.32 Å². The van der Waals surface area contributed by atoms with Gasteiger partial charge in [-0.2, -0.15) is 13.2 Å². The molecule has 1 saturated carbocycles. The first-order valence-electron chi connectivity index (χ1n) is 5.31. The fourth-order valence-corrected chi connectivity index (χ4v) is 1.98. The number of nitrogens with one attached hydrogen (secondary N) is 1. The average Bonchev–Trinajstić information content (AvgIpc) is 2.98. The quantitative estimate of drug-likeness (QED) is 0.840. The van der Waals surface area contributed by atoms with Crippen molar-refractivity contribution >= 4 is 0 Å². The Labute approximate surface area is 92.7 Å². The summed E-state index contributed by atoms with van der Waals surface area (Å²) in [4.78, 5) is 0. The summed E-state index contributed by atoms with van der Waals surface area (Å²) in [7, 11) is 1.81. The van der Waals surface area contributed by atoms with Crippen LogP contribution in [0.2, 0.25) is 0 Å². The Morgan fingerprint density at radius 2 is 1.88 bits per heavy atom. The summed E-state index contributed by atoms with van der Waals surface area (Å²) in [6.07, 6.45) is -1.88. The minimum atomic E-state index is -4.25. The molecule has 0 unspecified atom stereocenters. The Morgan fingerprint density at radius 1 is 1.25 bits per heavy atom. The highest BCUT2D eigenvalue weighted by Gasteiger charge is 2.43. The van der Waals surface area contributed by atoms with Crippen LogP contribution in [0.5, 0.6) is 0 Å². The SMILES string of the molecule is CNC1(Cc2ccccc2C(F)(F)F)CC1. The maximum atomic E-state index is 12.7. The van der Waals surface area contributed by atoms with Gasteiger partial charge in [0.2, 0.25) is 0 Å². The van der Waals surface area contributed by atoms with Crippen molar-refractivity contribution in [3.05, 3.63) is 35.4 Å². The van der Waals surface area contributed by atoms with Crippen molar-refractivity contribution < 1.29 is 13.2 Å². The van der Waals surface area contributed by atoms with E-state index in [4.69, 9.17) is 0 Å². The second kappa shape index (κ2) is 3.77. The van der Waals surface area contributed by atoms with Gasteiger partial charge in [0, 0.05) is 5.54 Å². The molecular weight excluding hydrogens is 215 g/mol. The van der Waals surface area contributed by atoms with E-state index < -0.39 is 11.7 Å². The number of hydrogen-bond donors (Lipinski definition) is 1. The molecule has 0 amide bonds. The molecule has 0 atom stereocenters. The van der Waals surface area contributed by atoms with Gasteiger partial charge in [-0.1, -0.05) is 18.2 Å². The van der Waals surface area contributed by atoms with Gasteiger partial charge in [-0.05, 0) is 37.9 Å². The topological polar surface area (TPSA) is 12.0 Å². The molecule has 0 aliphatic heterocycles. The van der Waals surface area contributed by atoms with Gasteiger partial charge in [-0.15, -0.1) is 0 Å². The van der Waals surface area contributed by atoms with Crippen molar-refractivity contribution in [3.8, 4) is 0 Å². The van der Waals surface area contributed by atoms with Gasteiger partial charge in [0.05, 0.1) is 5.56 Å². The summed E-state index contributed by atoms with van der Waals surface area (Å²) in [6.45, 7) is 0. The van der Waals surface area contributed by atoms with E-state index >= 15 is 0 Å². The molecule has 0 heterocycles. The van der Waals surface area contributed by atoms with Crippen molar-refractivity contribution in [1.29, 1.82) is 0 Å². The van der Waals surface area contributed by atoms with Crippen LogP contribution >= 0.6 is 0 Å². The fraction of sp³-hybridized carbons (Fsp3) is 0.500. The highest BCUT2D eigenvalue weighted by atomic mass is 19.4. The second-order valence-corrected chi connectivity index (χ2v) is 4.36. The Bertz CT molecular complexity index is 380. The predicted octanol–water partition coefficient (Wildman–Crippen LogP) is 3.00. The minimum Gasteiger partial charge on any atom is -0.314 e. The molecule has 0 aromatic heterocycles. The molecule has 1 aliphatic carbocycles. The van der Waals surface area contributed by atoms with Crippen LogP contribution in [0.25, 0.3) is 0 Å². The smallest absolute Gasteiger partial charge is 0.314 e. The molecule has 1 aliphatic rings. The lowest BCUT2D eigenvalue weighted by Crippen LogP contribution is -2.30. The van der Waals surface area contributed by atoms with E-state index in [1.54, 1.807) is 12.1 Å². The Morgan fingerprint density at radius 3 is 2.38 bits per heavy atom. The number of hydrogen-bond acceptors (Lipinski definition) is 1. The molecule has 1 nitrogen and oxygen atoms in total. The predicted molar refractivity (Wildman–Crippen MR) is 56.2 cm³/mol. The van der Waals surface area contributed by atoms with Gasteiger partial charge in [-0.25, -0.2) is 0 Å². The number of halogens is 3. The van der Waals surface area contributed by atoms with E-state index in [0.29, 0.717) is 12.0 Å². The monoisotopic (exact) mass is 229 g/mol. The number of benzene rings is 1. The Kier molecular flexibility index (Phi) is 2.70. The zero-order valence-electron chi connectivity index (χ0n) is 9.06. The third-order valence-electron chi connectivity index (χ3n) is 3.24. The highest BCUT2D eigenvalue weighted by molar-refractivity contribution is 5.32. The van der Waals surface area contributed by atoms with Crippen LogP contribution in [-0.4, -0.2) is 12.6 Å². The zero-order valence-corrected chi connectivity index (χ0v) is 9.06. The molecule has 2 rings (SSSR count). The molecule has 16 heavy (non-hydrogen) atoms. The standard InChI is InChI=1S/C12H14F3N/c1-16-11(6-7-11)8-9-4-2-3-5-10(9)12(13,14)15/h2-5,16H,6-8H2,1H3.